The van der Waals surface area contributed by atoms with Gasteiger partial charge in [-0.05, 0) is 12.1 Å². The molecule has 1 heterocycles. The van der Waals surface area contributed by atoms with E-state index < -0.39 is 5.97 Å². The van der Waals surface area contributed by atoms with Crippen LogP contribution in [0.4, 0.5) is 0 Å². The minimum absolute atomic E-state index is 0.0408. The number of ketones is 1. The maximum absolute atomic E-state index is 11.2. The topological polar surface area (TPSA) is 80.1 Å². The molecular formula is C10H8N2O3. The largest absolute Gasteiger partial charge is 0.465 e. The van der Waals surface area contributed by atoms with Crippen LogP contribution < -0.4 is 0 Å². The average molecular weight is 204 g/mol. The Balaban J connectivity index is 3.35. The molecule has 0 aliphatic rings. The first-order valence-corrected chi connectivity index (χ1v) is 4.10. The zero-order chi connectivity index (χ0) is 11.4. The highest BCUT2D eigenvalue weighted by atomic mass is 16.5. The molecule has 0 aliphatic heterocycles. The molecule has 0 aliphatic carbocycles. The molecule has 0 amide bonds. The zero-order valence-electron chi connectivity index (χ0n) is 8.27. The fourth-order valence-electron chi connectivity index (χ4n) is 1.06. The number of aromatic nitrogens is 1. The first kappa shape index (κ1) is 10.9. The van der Waals surface area contributed by atoms with Gasteiger partial charge in [0.05, 0.1) is 12.7 Å². The predicted molar refractivity (Wildman–Crippen MR) is 50.3 cm³/mol. The number of hydrogen-bond donors (Lipinski definition) is 0. The van der Waals surface area contributed by atoms with Gasteiger partial charge in [0.2, 0.25) is 0 Å². The molecule has 0 aromatic carbocycles. The lowest BCUT2D eigenvalue weighted by atomic mass is 10.1. The molecule has 1 aromatic heterocycles. The smallest absolute Gasteiger partial charge is 0.340 e. The van der Waals surface area contributed by atoms with Gasteiger partial charge in [0.1, 0.15) is 17.5 Å². The Bertz CT molecular complexity index is 460. The molecule has 1 rings (SSSR count). The number of methoxy groups -OCH3 is 1. The van der Waals surface area contributed by atoms with Crippen molar-refractivity contribution in [2.24, 2.45) is 0 Å². The summed E-state index contributed by atoms with van der Waals surface area (Å²) in [4.78, 5) is 26.2. The number of carbonyl (C=O) groups excluding carboxylic acids is 2. The highest BCUT2D eigenvalue weighted by Crippen LogP contribution is 2.09. The van der Waals surface area contributed by atoms with Crippen LogP contribution in [0.25, 0.3) is 0 Å². The molecule has 0 radical (unpaired) electrons. The summed E-state index contributed by atoms with van der Waals surface area (Å²) in [5.74, 6) is -1.02. The summed E-state index contributed by atoms with van der Waals surface area (Å²) >= 11 is 0. The number of rotatable bonds is 2. The van der Waals surface area contributed by atoms with Gasteiger partial charge >= 0.3 is 5.97 Å². The summed E-state index contributed by atoms with van der Waals surface area (Å²) in [5.41, 5.74) is 0.123. The second-order valence-electron chi connectivity index (χ2n) is 2.75. The monoisotopic (exact) mass is 204 g/mol. The quantitative estimate of drug-likeness (QED) is 0.529. The van der Waals surface area contributed by atoms with Crippen molar-refractivity contribution in [1.29, 1.82) is 5.26 Å². The van der Waals surface area contributed by atoms with Crippen molar-refractivity contribution in [1.82, 2.24) is 4.98 Å². The van der Waals surface area contributed by atoms with Gasteiger partial charge in [0.15, 0.2) is 5.78 Å². The number of hydrogen-bond acceptors (Lipinski definition) is 5. The zero-order valence-corrected chi connectivity index (χ0v) is 8.27. The molecular weight excluding hydrogens is 196 g/mol. The molecule has 0 atom stereocenters. The maximum atomic E-state index is 11.2. The van der Waals surface area contributed by atoms with E-state index in [2.05, 4.69) is 9.72 Å². The molecule has 0 bridgehead atoms. The first-order valence-electron chi connectivity index (χ1n) is 4.10. The van der Waals surface area contributed by atoms with Gasteiger partial charge in [0, 0.05) is 6.92 Å². The fraction of sp³-hybridized carbons (Fsp3) is 0.200. The van der Waals surface area contributed by atoms with Crippen molar-refractivity contribution in [3.8, 4) is 6.07 Å². The minimum Gasteiger partial charge on any atom is -0.465 e. The van der Waals surface area contributed by atoms with E-state index in [0.717, 1.165) is 0 Å². The van der Waals surface area contributed by atoms with Gasteiger partial charge in [-0.2, -0.15) is 5.26 Å². The summed E-state index contributed by atoms with van der Waals surface area (Å²) in [6.07, 6.45) is 0. The SMILES string of the molecule is COC(=O)c1ccc(C#N)nc1C(C)=O. The third kappa shape index (κ3) is 2.17. The third-order valence-corrected chi connectivity index (χ3v) is 1.75. The Morgan fingerprint density at radius 2 is 2.13 bits per heavy atom. The van der Waals surface area contributed by atoms with Crippen LogP contribution in [-0.4, -0.2) is 23.8 Å². The first-order chi connectivity index (χ1) is 7.10. The van der Waals surface area contributed by atoms with Crippen molar-refractivity contribution < 1.29 is 14.3 Å². The Kier molecular flexibility index (Phi) is 3.13. The van der Waals surface area contributed by atoms with Gasteiger partial charge in [-0.25, -0.2) is 9.78 Å². The molecule has 0 saturated heterocycles. The number of pyridine rings is 1. The third-order valence-electron chi connectivity index (χ3n) is 1.75. The molecule has 0 saturated carbocycles. The van der Waals surface area contributed by atoms with Crippen molar-refractivity contribution in [3.05, 3.63) is 29.1 Å². The van der Waals surface area contributed by atoms with Crippen LogP contribution in [0.2, 0.25) is 0 Å². The minimum atomic E-state index is -0.641. The van der Waals surface area contributed by atoms with Gasteiger partial charge in [-0.1, -0.05) is 0 Å². The number of esters is 1. The van der Waals surface area contributed by atoms with Crippen LogP contribution in [0.1, 0.15) is 33.5 Å². The lowest BCUT2D eigenvalue weighted by molar-refractivity contribution is 0.0596. The lowest BCUT2D eigenvalue weighted by Gasteiger charge is -2.03. The Morgan fingerprint density at radius 3 is 2.60 bits per heavy atom. The van der Waals surface area contributed by atoms with E-state index in [0.29, 0.717) is 0 Å². The van der Waals surface area contributed by atoms with Crippen molar-refractivity contribution in [2.45, 2.75) is 6.92 Å². The van der Waals surface area contributed by atoms with Crippen LogP contribution in [0, 0.1) is 11.3 Å². The fourth-order valence-corrected chi connectivity index (χ4v) is 1.06. The van der Waals surface area contributed by atoms with E-state index in [-0.39, 0.29) is 22.7 Å². The van der Waals surface area contributed by atoms with Crippen LogP contribution >= 0.6 is 0 Å². The van der Waals surface area contributed by atoms with Gasteiger partial charge in [0.25, 0.3) is 0 Å². The normalized spacial score (nSPS) is 9.13. The second-order valence-corrected chi connectivity index (χ2v) is 2.75. The van der Waals surface area contributed by atoms with E-state index in [1.165, 1.54) is 26.2 Å². The molecule has 15 heavy (non-hydrogen) atoms. The van der Waals surface area contributed by atoms with Crippen LogP contribution in [-0.2, 0) is 4.74 Å². The number of carbonyl (C=O) groups is 2. The Hall–Kier alpha value is -2.22. The number of ether oxygens (including phenoxy) is 1. The standard InChI is InChI=1S/C10H8N2O3/c1-6(13)9-8(10(14)15-2)4-3-7(5-11)12-9/h3-4H,1-2H3. The van der Waals surface area contributed by atoms with E-state index in [4.69, 9.17) is 5.26 Å². The Morgan fingerprint density at radius 1 is 1.47 bits per heavy atom. The molecule has 1 aromatic rings. The molecule has 0 N–H and O–H groups in total. The van der Waals surface area contributed by atoms with Crippen molar-refractivity contribution in [2.75, 3.05) is 7.11 Å². The summed E-state index contributed by atoms with van der Waals surface area (Å²) in [5, 5.41) is 8.59. The maximum Gasteiger partial charge on any atom is 0.340 e. The molecule has 5 nitrogen and oxygen atoms in total. The second kappa shape index (κ2) is 4.33. The van der Waals surface area contributed by atoms with Gasteiger partial charge in [-0.15, -0.1) is 0 Å². The average Bonchev–Trinajstić information content (AvgIpc) is 2.27. The van der Waals surface area contributed by atoms with Gasteiger partial charge in [-0.3, -0.25) is 4.79 Å². The van der Waals surface area contributed by atoms with Crippen LogP contribution in [0.3, 0.4) is 0 Å². The summed E-state index contributed by atoms with van der Waals surface area (Å²) in [6, 6.07) is 4.51. The highest BCUT2D eigenvalue weighted by Gasteiger charge is 2.16. The van der Waals surface area contributed by atoms with Crippen molar-refractivity contribution >= 4 is 11.8 Å². The molecule has 0 fully saturated rings. The van der Waals surface area contributed by atoms with Crippen LogP contribution in [0.5, 0.6) is 0 Å². The van der Waals surface area contributed by atoms with Crippen molar-refractivity contribution in [3.63, 3.8) is 0 Å². The summed E-state index contributed by atoms with van der Waals surface area (Å²) < 4.78 is 4.49. The summed E-state index contributed by atoms with van der Waals surface area (Å²) in [7, 11) is 1.21. The van der Waals surface area contributed by atoms with E-state index in [1.807, 2.05) is 0 Å². The number of nitriles is 1. The number of Topliss-reactive ketones (excluding diaryl/α,β-unsaturated/α-hetero) is 1. The highest BCUT2D eigenvalue weighted by molar-refractivity contribution is 6.03. The summed E-state index contributed by atoms with van der Waals surface area (Å²) in [6.45, 7) is 1.27. The molecule has 0 spiro atoms. The molecule has 0 unspecified atom stereocenters. The molecule has 76 valence electrons. The number of nitrogens with zero attached hydrogens (tertiary/aromatic N) is 2. The van der Waals surface area contributed by atoms with E-state index in [9.17, 15) is 9.59 Å². The molecule has 5 heteroatoms. The van der Waals surface area contributed by atoms with Gasteiger partial charge < -0.3 is 4.74 Å². The predicted octanol–water partition coefficient (Wildman–Crippen LogP) is 0.942. The van der Waals surface area contributed by atoms with Crippen LogP contribution in [0.15, 0.2) is 12.1 Å². The van der Waals surface area contributed by atoms with E-state index in [1.54, 1.807) is 6.07 Å². The lowest BCUT2D eigenvalue weighted by Crippen LogP contribution is -2.11. The van der Waals surface area contributed by atoms with E-state index >= 15 is 0 Å². The Labute approximate surface area is 86.3 Å².